The maximum Gasteiger partial charge on any atom is 0.317 e. The van der Waals surface area contributed by atoms with Crippen LogP contribution in [-0.4, -0.2) is 123 Å². The van der Waals surface area contributed by atoms with Gasteiger partial charge < -0.3 is 33.5 Å². The molecule has 376 valence electrons. The Balaban J connectivity index is 1.86. The number of rotatable bonds is 14. The number of hydrogen-bond donors (Lipinski definition) is 1. The van der Waals surface area contributed by atoms with Crippen LogP contribution in [0.3, 0.4) is 0 Å². The standard InChI is InChI=1S/C55H88N4O8/c1-50(2,3)62-43-22-19-23-44(63-51(4,5)6)40(43)36-56-28-30-57(37-41-45(64-52(7,8)9)24-20-25-46(41)65-53(10,11)12)32-34-59(39-49(60)61)35-33-58(31-29-56)38-42-47(66-54(13,14)15)26-21-27-48(42)67-55(16,17)18/h19-27H,28-39H2,1-18H3,(H,60,61). The molecule has 0 amide bonds. The summed E-state index contributed by atoms with van der Waals surface area (Å²) < 4.78 is 39.9. The largest absolute Gasteiger partial charge is 0.488 e. The maximum atomic E-state index is 12.5. The van der Waals surface area contributed by atoms with Crippen LogP contribution in [0.15, 0.2) is 54.6 Å². The molecule has 1 aliphatic rings. The minimum Gasteiger partial charge on any atom is -0.488 e. The molecule has 67 heavy (non-hydrogen) atoms. The first kappa shape index (κ1) is 55.4. The second-order valence-electron chi connectivity index (χ2n) is 24.0. The Kier molecular flexibility index (Phi) is 18.6. The summed E-state index contributed by atoms with van der Waals surface area (Å²) in [5, 5.41) is 10.2. The average Bonchev–Trinajstić information content (AvgIpc) is 3.12. The molecule has 1 N–H and O–H groups in total. The van der Waals surface area contributed by atoms with E-state index in [9.17, 15) is 9.90 Å². The Bertz CT molecular complexity index is 1850. The molecule has 0 radical (unpaired) electrons. The van der Waals surface area contributed by atoms with Gasteiger partial charge in [0.25, 0.3) is 0 Å². The van der Waals surface area contributed by atoms with E-state index in [0.717, 1.165) is 51.2 Å². The van der Waals surface area contributed by atoms with E-state index in [4.69, 9.17) is 28.4 Å². The minimum atomic E-state index is -0.852. The lowest BCUT2D eigenvalue weighted by atomic mass is 10.1. The molecular formula is C55H88N4O8. The summed E-state index contributed by atoms with van der Waals surface area (Å²) in [6, 6.07) is 18.2. The number of nitrogens with zero attached hydrogens (tertiary/aromatic N) is 4. The molecule has 12 nitrogen and oxygen atoms in total. The van der Waals surface area contributed by atoms with Crippen LogP contribution in [0.25, 0.3) is 0 Å². The van der Waals surface area contributed by atoms with Gasteiger partial charge in [0, 0.05) is 72.0 Å². The van der Waals surface area contributed by atoms with E-state index in [1.54, 1.807) is 0 Å². The zero-order valence-corrected chi connectivity index (χ0v) is 44.8. The van der Waals surface area contributed by atoms with Crippen molar-refractivity contribution in [3.8, 4) is 34.5 Å². The average molecular weight is 933 g/mol. The summed E-state index contributed by atoms with van der Waals surface area (Å²) in [7, 11) is 0. The smallest absolute Gasteiger partial charge is 0.317 e. The molecule has 0 atom stereocenters. The van der Waals surface area contributed by atoms with E-state index in [1.807, 2.05) is 54.6 Å². The molecule has 12 heteroatoms. The van der Waals surface area contributed by atoms with Gasteiger partial charge in [-0.2, -0.15) is 0 Å². The molecule has 1 fully saturated rings. The number of carboxylic acid groups (broad SMARTS) is 1. The van der Waals surface area contributed by atoms with Crippen molar-refractivity contribution in [2.45, 2.75) is 178 Å². The quantitative estimate of drug-likeness (QED) is 0.166. The number of hydrogen-bond acceptors (Lipinski definition) is 11. The predicted molar refractivity (Wildman–Crippen MR) is 272 cm³/mol. The van der Waals surface area contributed by atoms with Gasteiger partial charge in [0.05, 0.1) is 23.2 Å². The van der Waals surface area contributed by atoms with Gasteiger partial charge in [-0.05, 0) is 161 Å². The highest BCUT2D eigenvalue weighted by Crippen LogP contribution is 2.38. The van der Waals surface area contributed by atoms with Crippen LogP contribution in [0.2, 0.25) is 0 Å². The van der Waals surface area contributed by atoms with Crippen LogP contribution in [0.4, 0.5) is 0 Å². The summed E-state index contributed by atoms with van der Waals surface area (Å²) in [5.74, 6) is 3.85. The van der Waals surface area contributed by atoms with Crippen molar-refractivity contribution in [1.29, 1.82) is 0 Å². The summed E-state index contributed by atoms with van der Waals surface area (Å²) in [4.78, 5) is 21.9. The molecule has 4 rings (SSSR count). The third kappa shape index (κ3) is 20.5. The molecule has 1 saturated heterocycles. The Labute approximate surface area is 405 Å². The van der Waals surface area contributed by atoms with Gasteiger partial charge in [0.2, 0.25) is 0 Å². The first-order valence-electron chi connectivity index (χ1n) is 24.3. The van der Waals surface area contributed by atoms with E-state index in [-0.39, 0.29) is 6.54 Å². The van der Waals surface area contributed by atoms with Gasteiger partial charge in [0.1, 0.15) is 68.1 Å². The van der Waals surface area contributed by atoms with Crippen LogP contribution in [0.1, 0.15) is 141 Å². The van der Waals surface area contributed by atoms with Crippen molar-refractivity contribution < 1.29 is 38.3 Å². The van der Waals surface area contributed by atoms with Crippen LogP contribution in [-0.2, 0) is 24.4 Å². The number of carbonyl (C=O) groups is 1. The van der Waals surface area contributed by atoms with Crippen molar-refractivity contribution in [2.24, 2.45) is 0 Å². The highest BCUT2D eigenvalue weighted by molar-refractivity contribution is 5.69. The van der Waals surface area contributed by atoms with Crippen molar-refractivity contribution in [3.05, 3.63) is 71.3 Å². The molecule has 1 aliphatic heterocycles. The SMILES string of the molecule is CC(C)(C)Oc1cccc(OC(C)(C)C)c1CN1CCN(CC(=O)O)CCN(Cc2c(OC(C)(C)C)cccc2OC(C)(C)C)CCN(Cc2c(OC(C)(C)C)cccc2OC(C)(C)C)CC1. The summed E-state index contributed by atoms with van der Waals surface area (Å²) in [6.45, 7) is 43.8. The first-order valence-corrected chi connectivity index (χ1v) is 24.3. The molecule has 0 unspecified atom stereocenters. The van der Waals surface area contributed by atoms with Crippen LogP contribution in [0, 0.1) is 0 Å². The minimum absolute atomic E-state index is 0.0703. The second-order valence-corrected chi connectivity index (χ2v) is 24.0. The van der Waals surface area contributed by atoms with E-state index in [0.29, 0.717) is 72.0 Å². The summed E-state index contributed by atoms with van der Waals surface area (Å²) >= 11 is 0. The predicted octanol–water partition coefficient (Wildman–Crippen LogP) is 11.0. The van der Waals surface area contributed by atoms with Crippen molar-refractivity contribution in [1.82, 2.24) is 19.6 Å². The lowest BCUT2D eigenvalue weighted by Crippen LogP contribution is -2.46. The fraction of sp³-hybridized carbons (Fsp3) is 0.655. The number of benzene rings is 3. The Morgan fingerprint density at radius 3 is 0.716 bits per heavy atom. The molecule has 0 bridgehead atoms. The van der Waals surface area contributed by atoms with Crippen molar-refractivity contribution >= 4 is 5.97 Å². The normalized spacial score (nSPS) is 16.4. The van der Waals surface area contributed by atoms with Gasteiger partial charge in [-0.3, -0.25) is 24.4 Å². The Morgan fingerprint density at radius 2 is 0.552 bits per heavy atom. The lowest BCUT2D eigenvalue weighted by Gasteiger charge is -2.36. The van der Waals surface area contributed by atoms with Gasteiger partial charge in [0.15, 0.2) is 0 Å². The first-order chi connectivity index (χ1) is 30.7. The van der Waals surface area contributed by atoms with Crippen molar-refractivity contribution in [2.75, 3.05) is 58.9 Å². The topological polar surface area (TPSA) is 106 Å². The Morgan fingerprint density at radius 1 is 0.373 bits per heavy atom. The fourth-order valence-corrected chi connectivity index (χ4v) is 7.73. The van der Waals surface area contributed by atoms with Crippen molar-refractivity contribution in [3.63, 3.8) is 0 Å². The molecule has 3 aromatic carbocycles. The number of ether oxygens (including phenoxy) is 6. The van der Waals surface area contributed by atoms with Crippen LogP contribution < -0.4 is 28.4 Å². The third-order valence-electron chi connectivity index (χ3n) is 10.2. The molecule has 0 aliphatic carbocycles. The number of aliphatic carboxylic acids is 1. The van der Waals surface area contributed by atoms with Gasteiger partial charge >= 0.3 is 5.97 Å². The molecule has 3 aromatic rings. The maximum absolute atomic E-state index is 12.5. The van der Waals surface area contributed by atoms with E-state index >= 15 is 0 Å². The molecule has 1 heterocycles. The lowest BCUT2D eigenvalue weighted by molar-refractivity contribution is -0.138. The van der Waals surface area contributed by atoms with Crippen LogP contribution >= 0.6 is 0 Å². The third-order valence-corrected chi connectivity index (χ3v) is 10.2. The van der Waals surface area contributed by atoms with Crippen LogP contribution in [0.5, 0.6) is 34.5 Å². The number of carboxylic acids is 1. The highest BCUT2D eigenvalue weighted by Gasteiger charge is 2.29. The zero-order valence-electron chi connectivity index (χ0n) is 44.8. The second kappa shape index (κ2) is 22.5. The molecular weight excluding hydrogens is 845 g/mol. The Hall–Kier alpha value is -4.23. The van der Waals surface area contributed by atoms with Gasteiger partial charge in [-0.15, -0.1) is 0 Å². The van der Waals surface area contributed by atoms with E-state index in [1.165, 1.54) is 0 Å². The highest BCUT2D eigenvalue weighted by atomic mass is 16.5. The van der Waals surface area contributed by atoms with E-state index < -0.39 is 39.6 Å². The fourth-order valence-electron chi connectivity index (χ4n) is 7.73. The molecule has 0 spiro atoms. The van der Waals surface area contributed by atoms with E-state index in [2.05, 4.69) is 144 Å². The summed E-state index contributed by atoms with van der Waals surface area (Å²) in [5.41, 5.74) is 0.317. The van der Waals surface area contributed by atoms with Gasteiger partial charge in [-0.25, -0.2) is 0 Å². The molecule has 0 saturated carbocycles. The zero-order chi connectivity index (χ0) is 50.2. The monoisotopic (exact) mass is 933 g/mol. The van der Waals surface area contributed by atoms with Gasteiger partial charge in [-0.1, -0.05) is 18.2 Å². The molecule has 0 aromatic heterocycles. The summed E-state index contributed by atoms with van der Waals surface area (Å²) in [6.07, 6.45) is 0.